The van der Waals surface area contributed by atoms with Crippen molar-refractivity contribution >= 4 is 33.4 Å². The Balaban J connectivity index is 1.42. The Morgan fingerprint density at radius 1 is 1.04 bits per heavy atom. The van der Waals surface area contributed by atoms with Crippen LogP contribution in [0.1, 0.15) is 41.6 Å². The quantitative estimate of drug-likeness (QED) is 0.740. The van der Waals surface area contributed by atoms with E-state index in [-0.39, 0.29) is 17.7 Å². The van der Waals surface area contributed by atoms with Gasteiger partial charge in [-0.2, -0.15) is 0 Å². The minimum Gasteiger partial charge on any atom is -0.492 e. The highest BCUT2D eigenvalue weighted by Crippen LogP contribution is 2.30. The summed E-state index contributed by atoms with van der Waals surface area (Å²) >= 11 is 3.37. The van der Waals surface area contributed by atoms with Crippen molar-refractivity contribution in [2.75, 3.05) is 11.9 Å². The average Bonchev–Trinajstić information content (AvgIpc) is 3.21. The third kappa shape index (κ3) is 4.38. The third-order valence-electron chi connectivity index (χ3n) is 5.40. The fraction of sp³-hybridized carbons (Fsp3) is 0.364. The number of halogens is 1. The van der Waals surface area contributed by atoms with Crippen LogP contribution < -0.4 is 15.4 Å². The summed E-state index contributed by atoms with van der Waals surface area (Å²) in [6.07, 6.45) is 5.15. The Morgan fingerprint density at radius 3 is 2.54 bits per heavy atom. The summed E-state index contributed by atoms with van der Waals surface area (Å²) in [5.74, 6) is 0.499. The molecule has 2 amide bonds. The minimum atomic E-state index is -0.189. The van der Waals surface area contributed by atoms with Crippen LogP contribution in [0.25, 0.3) is 0 Å². The molecule has 4 rings (SSSR count). The zero-order valence-electron chi connectivity index (χ0n) is 15.5. The maximum atomic E-state index is 12.6. The molecular formula is C22H23BrN2O3. The lowest BCUT2D eigenvalue weighted by Crippen LogP contribution is -2.41. The summed E-state index contributed by atoms with van der Waals surface area (Å²) in [5.41, 5.74) is 2.24. The third-order valence-corrected chi connectivity index (χ3v) is 5.93. The number of carbonyl (C=O) groups is 2. The number of carbonyl (C=O) groups excluding carboxylic acids is 2. The number of hydrogen-bond acceptors (Lipinski definition) is 3. The molecule has 1 aliphatic heterocycles. The molecule has 5 nitrogen and oxygen atoms in total. The number of fused-ring (bicyclic) bond motifs is 1. The number of benzene rings is 2. The van der Waals surface area contributed by atoms with Gasteiger partial charge in [-0.15, -0.1) is 0 Å². The summed E-state index contributed by atoms with van der Waals surface area (Å²) in [6, 6.07) is 13.1. The van der Waals surface area contributed by atoms with Crippen LogP contribution in [-0.4, -0.2) is 24.5 Å². The molecule has 6 heteroatoms. The first-order chi connectivity index (χ1) is 13.6. The lowest BCUT2D eigenvalue weighted by Gasteiger charge is -2.26. The standard InChI is InChI=1S/C22H23BrN2O3/c23-17-7-5-14(6-8-17)21(26)25-19-9-10-20-15(12-19)11-16(13-28-20)22(27)24-18-3-1-2-4-18/h5-10,12,16,18H,1-4,11,13H2,(H,24,27)(H,25,26). The zero-order valence-corrected chi connectivity index (χ0v) is 17.1. The Kier molecular flexibility index (Phi) is 5.67. The molecule has 0 spiro atoms. The van der Waals surface area contributed by atoms with E-state index in [4.69, 9.17) is 4.74 Å². The van der Waals surface area contributed by atoms with Crippen molar-refractivity contribution in [3.8, 4) is 5.75 Å². The van der Waals surface area contributed by atoms with E-state index < -0.39 is 0 Å². The molecule has 0 aromatic heterocycles. The molecule has 1 atom stereocenters. The van der Waals surface area contributed by atoms with E-state index in [0.717, 1.165) is 28.6 Å². The van der Waals surface area contributed by atoms with E-state index in [2.05, 4.69) is 26.6 Å². The molecule has 0 radical (unpaired) electrons. The SMILES string of the molecule is O=C(Nc1ccc2c(c1)CC(C(=O)NC1CCCC1)CO2)c1ccc(Br)cc1. The van der Waals surface area contributed by atoms with Crippen LogP contribution in [0.5, 0.6) is 5.75 Å². The second kappa shape index (κ2) is 8.35. The smallest absolute Gasteiger partial charge is 0.255 e. The monoisotopic (exact) mass is 442 g/mol. The van der Waals surface area contributed by atoms with Crippen LogP contribution >= 0.6 is 15.9 Å². The molecule has 1 fully saturated rings. The van der Waals surface area contributed by atoms with Gasteiger partial charge >= 0.3 is 0 Å². The normalized spacial score (nSPS) is 18.8. The number of hydrogen-bond donors (Lipinski definition) is 2. The molecule has 1 heterocycles. The van der Waals surface area contributed by atoms with Gasteiger partial charge in [0.05, 0.1) is 5.92 Å². The topological polar surface area (TPSA) is 67.4 Å². The first-order valence-corrected chi connectivity index (χ1v) is 10.5. The number of anilines is 1. The number of ether oxygens (including phenoxy) is 1. The molecular weight excluding hydrogens is 420 g/mol. The van der Waals surface area contributed by atoms with Gasteiger partial charge in [-0.05, 0) is 67.3 Å². The molecule has 2 aromatic rings. The summed E-state index contributed by atoms with van der Waals surface area (Å²) < 4.78 is 6.73. The van der Waals surface area contributed by atoms with Gasteiger partial charge in [0.15, 0.2) is 0 Å². The summed E-state index contributed by atoms with van der Waals surface area (Å²) in [7, 11) is 0. The molecule has 2 aromatic carbocycles. The Hall–Kier alpha value is -2.34. The van der Waals surface area contributed by atoms with Crippen LogP contribution in [-0.2, 0) is 11.2 Å². The largest absolute Gasteiger partial charge is 0.492 e. The Morgan fingerprint density at radius 2 is 1.79 bits per heavy atom. The van der Waals surface area contributed by atoms with E-state index in [1.54, 1.807) is 12.1 Å². The zero-order chi connectivity index (χ0) is 19.5. The van der Waals surface area contributed by atoms with Crippen molar-refractivity contribution in [1.82, 2.24) is 5.32 Å². The summed E-state index contributed by atoms with van der Waals surface area (Å²) in [4.78, 5) is 25.0. The van der Waals surface area contributed by atoms with Crippen molar-refractivity contribution in [3.05, 3.63) is 58.1 Å². The van der Waals surface area contributed by atoms with E-state index in [0.29, 0.717) is 30.3 Å². The van der Waals surface area contributed by atoms with E-state index in [9.17, 15) is 9.59 Å². The highest BCUT2D eigenvalue weighted by Gasteiger charge is 2.28. The molecule has 2 N–H and O–H groups in total. The van der Waals surface area contributed by atoms with E-state index in [1.165, 1.54) is 12.8 Å². The van der Waals surface area contributed by atoms with Gasteiger partial charge in [0.1, 0.15) is 12.4 Å². The number of nitrogens with one attached hydrogen (secondary N) is 2. The molecule has 2 aliphatic rings. The van der Waals surface area contributed by atoms with Crippen molar-refractivity contribution in [3.63, 3.8) is 0 Å². The van der Waals surface area contributed by atoms with Crippen LogP contribution in [0.2, 0.25) is 0 Å². The fourth-order valence-electron chi connectivity index (χ4n) is 3.83. The van der Waals surface area contributed by atoms with Gasteiger partial charge < -0.3 is 15.4 Å². The van der Waals surface area contributed by atoms with Gasteiger partial charge in [0.2, 0.25) is 5.91 Å². The van der Waals surface area contributed by atoms with Gasteiger partial charge in [-0.25, -0.2) is 0 Å². The van der Waals surface area contributed by atoms with Crippen molar-refractivity contribution in [1.29, 1.82) is 0 Å². The molecule has 0 bridgehead atoms. The number of rotatable bonds is 4. The van der Waals surface area contributed by atoms with Crippen molar-refractivity contribution in [2.45, 2.75) is 38.1 Å². The first kappa shape index (κ1) is 19.0. The van der Waals surface area contributed by atoms with Crippen LogP contribution in [0.15, 0.2) is 46.9 Å². The lowest BCUT2D eigenvalue weighted by molar-refractivity contribution is -0.127. The molecule has 1 unspecified atom stereocenters. The molecule has 1 aliphatic carbocycles. The predicted octanol–water partition coefficient (Wildman–Crippen LogP) is 4.31. The van der Waals surface area contributed by atoms with E-state index in [1.807, 2.05) is 30.3 Å². The van der Waals surface area contributed by atoms with Gasteiger partial charge in [0.25, 0.3) is 5.91 Å². The van der Waals surface area contributed by atoms with Gasteiger partial charge in [-0.3, -0.25) is 9.59 Å². The fourth-order valence-corrected chi connectivity index (χ4v) is 4.10. The average molecular weight is 443 g/mol. The van der Waals surface area contributed by atoms with Crippen LogP contribution in [0, 0.1) is 5.92 Å². The maximum Gasteiger partial charge on any atom is 0.255 e. The van der Waals surface area contributed by atoms with Gasteiger partial charge in [-0.1, -0.05) is 28.8 Å². The predicted molar refractivity (Wildman–Crippen MR) is 112 cm³/mol. The summed E-state index contributed by atoms with van der Waals surface area (Å²) in [5, 5.41) is 6.08. The van der Waals surface area contributed by atoms with Crippen molar-refractivity contribution in [2.24, 2.45) is 5.92 Å². The van der Waals surface area contributed by atoms with Crippen molar-refractivity contribution < 1.29 is 14.3 Å². The van der Waals surface area contributed by atoms with E-state index >= 15 is 0 Å². The number of amides is 2. The minimum absolute atomic E-state index is 0.0712. The molecule has 146 valence electrons. The van der Waals surface area contributed by atoms with Crippen LogP contribution in [0.3, 0.4) is 0 Å². The van der Waals surface area contributed by atoms with Crippen LogP contribution in [0.4, 0.5) is 5.69 Å². The first-order valence-electron chi connectivity index (χ1n) is 9.71. The molecule has 0 saturated heterocycles. The highest BCUT2D eigenvalue weighted by atomic mass is 79.9. The summed E-state index contributed by atoms with van der Waals surface area (Å²) in [6.45, 7) is 0.399. The lowest BCUT2D eigenvalue weighted by atomic mass is 9.95. The molecule has 1 saturated carbocycles. The second-order valence-corrected chi connectivity index (χ2v) is 8.40. The molecule has 28 heavy (non-hydrogen) atoms. The van der Waals surface area contributed by atoms with Gasteiger partial charge in [0, 0.05) is 21.8 Å². The second-order valence-electron chi connectivity index (χ2n) is 7.49. The highest BCUT2D eigenvalue weighted by molar-refractivity contribution is 9.10. The maximum absolute atomic E-state index is 12.6. The Labute approximate surface area is 173 Å². The Bertz CT molecular complexity index is 876.